The molecule has 0 aliphatic rings. The van der Waals surface area contributed by atoms with Crippen molar-refractivity contribution in [1.82, 2.24) is 0 Å². The maximum absolute atomic E-state index is 11.0. The molecule has 0 spiro atoms. The molecule has 0 fully saturated rings. The Hall–Kier alpha value is -1.06. The minimum Gasteiger partial charge on any atom is -0.434 e. The fourth-order valence-corrected chi connectivity index (χ4v) is 1.16. The van der Waals surface area contributed by atoms with E-state index in [0.717, 1.165) is 19.3 Å². The molecule has 0 aliphatic carbocycles. The predicted octanol–water partition coefficient (Wildman–Crippen LogP) is 3.05. The molecule has 4 nitrogen and oxygen atoms in total. The maximum Gasteiger partial charge on any atom is 0.516 e. The lowest BCUT2D eigenvalue weighted by atomic mass is 10.1. The van der Waals surface area contributed by atoms with Gasteiger partial charge in [0.1, 0.15) is 0 Å². The van der Waals surface area contributed by atoms with E-state index in [1.165, 1.54) is 12.8 Å². The normalized spacial score (nSPS) is 9.73. The molecule has 0 amide bonds. The van der Waals surface area contributed by atoms with Crippen molar-refractivity contribution in [1.29, 1.82) is 0 Å². The summed E-state index contributed by atoms with van der Waals surface area (Å²) >= 11 is 0. The largest absolute Gasteiger partial charge is 0.516 e. The molecule has 0 unspecified atom stereocenters. The second-order valence-electron chi connectivity index (χ2n) is 3.32. The molecule has 0 bridgehead atoms. The Bertz CT molecular complexity index is 189. The fraction of sp³-hybridized carbons (Fsp3) is 0.818. The van der Waals surface area contributed by atoms with Gasteiger partial charge in [0.2, 0.25) is 0 Å². The average Bonchev–Trinajstić information content (AvgIpc) is 2.17. The summed E-state index contributed by atoms with van der Waals surface area (Å²) in [4.78, 5) is 21.8. The van der Waals surface area contributed by atoms with Crippen LogP contribution in [0.3, 0.4) is 0 Å². The molecule has 0 atom stereocenters. The summed E-state index contributed by atoms with van der Waals surface area (Å²) in [5.41, 5.74) is 0. The van der Waals surface area contributed by atoms with E-state index in [4.69, 9.17) is 0 Å². The standard InChI is InChI=1S/C11H20O4/c1-3-5-6-7-8-9-10(12)15-11(13)14-4-2/h3-9H2,1-2H3. The van der Waals surface area contributed by atoms with E-state index in [1.807, 2.05) is 0 Å². The Kier molecular flexibility index (Phi) is 8.82. The van der Waals surface area contributed by atoms with E-state index in [9.17, 15) is 9.59 Å². The van der Waals surface area contributed by atoms with Crippen molar-refractivity contribution in [2.24, 2.45) is 0 Å². The zero-order chi connectivity index (χ0) is 11.5. The highest BCUT2D eigenvalue weighted by Gasteiger charge is 2.09. The monoisotopic (exact) mass is 216 g/mol. The van der Waals surface area contributed by atoms with Crippen molar-refractivity contribution < 1.29 is 19.1 Å². The highest BCUT2D eigenvalue weighted by Crippen LogP contribution is 2.05. The Morgan fingerprint density at radius 2 is 1.67 bits per heavy atom. The molecule has 0 radical (unpaired) electrons. The van der Waals surface area contributed by atoms with E-state index < -0.39 is 12.1 Å². The number of carbonyl (C=O) groups is 2. The highest BCUT2D eigenvalue weighted by molar-refractivity contribution is 5.81. The van der Waals surface area contributed by atoms with E-state index in [-0.39, 0.29) is 6.61 Å². The first kappa shape index (κ1) is 13.9. The third-order valence-corrected chi connectivity index (χ3v) is 1.94. The zero-order valence-corrected chi connectivity index (χ0v) is 9.58. The topological polar surface area (TPSA) is 52.6 Å². The van der Waals surface area contributed by atoms with Gasteiger partial charge in [-0.3, -0.25) is 4.79 Å². The highest BCUT2D eigenvalue weighted by atomic mass is 16.7. The van der Waals surface area contributed by atoms with Crippen LogP contribution in [0.4, 0.5) is 4.79 Å². The molecule has 0 aromatic carbocycles. The lowest BCUT2D eigenvalue weighted by molar-refractivity contribution is -0.139. The Morgan fingerprint density at radius 3 is 2.27 bits per heavy atom. The van der Waals surface area contributed by atoms with Gasteiger partial charge < -0.3 is 9.47 Å². The van der Waals surface area contributed by atoms with Crippen LogP contribution in [0.2, 0.25) is 0 Å². The number of hydrogen-bond acceptors (Lipinski definition) is 4. The van der Waals surface area contributed by atoms with Gasteiger partial charge in [0.15, 0.2) is 0 Å². The summed E-state index contributed by atoms with van der Waals surface area (Å²) in [6.07, 6.45) is 4.67. The van der Waals surface area contributed by atoms with E-state index in [1.54, 1.807) is 6.92 Å². The molecule has 0 heterocycles. The van der Waals surface area contributed by atoms with Gasteiger partial charge in [0.25, 0.3) is 0 Å². The Morgan fingerprint density at radius 1 is 1.00 bits per heavy atom. The minimum absolute atomic E-state index is 0.225. The van der Waals surface area contributed by atoms with E-state index in [2.05, 4.69) is 16.4 Å². The minimum atomic E-state index is -0.893. The van der Waals surface area contributed by atoms with Crippen molar-refractivity contribution >= 4 is 12.1 Å². The van der Waals surface area contributed by atoms with Gasteiger partial charge in [-0.15, -0.1) is 0 Å². The molecule has 0 saturated heterocycles. The van der Waals surface area contributed by atoms with Crippen LogP contribution in [0.15, 0.2) is 0 Å². The molecule has 0 N–H and O–H groups in total. The molecular formula is C11H20O4. The second kappa shape index (κ2) is 9.49. The summed E-state index contributed by atoms with van der Waals surface area (Å²) in [6.45, 7) is 4.02. The van der Waals surface area contributed by atoms with Gasteiger partial charge in [-0.1, -0.05) is 32.6 Å². The second-order valence-corrected chi connectivity index (χ2v) is 3.32. The first-order chi connectivity index (χ1) is 7.20. The Labute approximate surface area is 90.9 Å². The fourth-order valence-electron chi connectivity index (χ4n) is 1.16. The molecule has 0 aliphatic heterocycles. The molecule has 88 valence electrons. The van der Waals surface area contributed by atoms with Gasteiger partial charge in [-0.25, -0.2) is 4.79 Å². The van der Waals surface area contributed by atoms with Crippen LogP contribution in [0.1, 0.15) is 52.4 Å². The van der Waals surface area contributed by atoms with Gasteiger partial charge in [-0.05, 0) is 13.3 Å². The van der Waals surface area contributed by atoms with Crippen LogP contribution in [-0.4, -0.2) is 18.7 Å². The van der Waals surface area contributed by atoms with Crippen molar-refractivity contribution in [3.63, 3.8) is 0 Å². The van der Waals surface area contributed by atoms with Crippen molar-refractivity contribution in [2.75, 3.05) is 6.61 Å². The summed E-state index contributed by atoms with van der Waals surface area (Å²) in [6, 6.07) is 0. The number of rotatable bonds is 7. The van der Waals surface area contributed by atoms with Gasteiger partial charge >= 0.3 is 12.1 Å². The van der Waals surface area contributed by atoms with Gasteiger partial charge in [-0.2, -0.15) is 0 Å². The maximum atomic E-state index is 11.0. The van der Waals surface area contributed by atoms with E-state index >= 15 is 0 Å². The van der Waals surface area contributed by atoms with Crippen LogP contribution >= 0.6 is 0 Å². The van der Waals surface area contributed by atoms with E-state index in [0.29, 0.717) is 6.42 Å². The first-order valence-corrected chi connectivity index (χ1v) is 5.58. The molecule has 0 saturated carbocycles. The smallest absolute Gasteiger partial charge is 0.434 e. The quantitative estimate of drug-likeness (QED) is 0.373. The lowest BCUT2D eigenvalue weighted by Crippen LogP contribution is -2.13. The lowest BCUT2D eigenvalue weighted by Gasteiger charge is -2.02. The molecule has 0 rings (SSSR count). The first-order valence-electron chi connectivity index (χ1n) is 5.58. The van der Waals surface area contributed by atoms with Gasteiger partial charge in [0, 0.05) is 6.42 Å². The molecule has 0 aromatic heterocycles. The number of carbonyl (C=O) groups excluding carboxylic acids is 2. The molecule has 15 heavy (non-hydrogen) atoms. The number of hydrogen-bond donors (Lipinski definition) is 0. The summed E-state index contributed by atoms with van der Waals surface area (Å²) in [5, 5.41) is 0. The number of esters is 1. The van der Waals surface area contributed by atoms with Crippen LogP contribution in [0, 0.1) is 0 Å². The zero-order valence-electron chi connectivity index (χ0n) is 9.58. The third-order valence-electron chi connectivity index (χ3n) is 1.94. The van der Waals surface area contributed by atoms with Gasteiger partial charge in [0.05, 0.1) is 6.61 Å². The molecular weight excluding hydrogens is 196 g/mol. The average molecular weight is 216 g/mol. The number of ether oxygens (including phenoxy) is 2. The van der Waals surface area contributed by atoms with Crippen molar-refractivity contribution in [3.05, 3.63) is 0 Å². The molecule has 4 heteroatoms. The third kappa shape index (κ3) is 9.25. The predicted molar refractivity (Wildman–Crippen MR) is 56.5 cm³/mol. The summed E-state index contributed by atoms with van der Waals surface area (Å²) < 4.78 is 8.87. The SMILES string of the molecule is CCCCCCCC(=O)OC(=O)OCC. The number of unbranched alkanes of at least 4 members (excludes halogenated alkanes) is 4. The van der Waals surface area contributed by atoms with Crippen LogP contribution in [0.5, 0.6) is 0 Å². The Balaban J connectivity index is 3.37. The summed E-state index contributed by atoms with van der Waals surface area (Å²) in [7, 11) is 0. The van der Waals surface area contributed by atoms with Crippen LogP contribution in [-0.2, 0) is 14.3 Å². The summed E-state index contributed by atoms with van der Waals surface area (Å²) in [5.74, 6) is -0.495. The van der Waals surface area contributed by atoms with Crippen molar-refractivity contribution in [3.8, 4) is 0 Å². The molecule has 0 aromatic rings. The van der Waals surface area contributed by atoms with Crippen LogP contribution < -0.4 is 0 Å². The van der Waals surface area contributed by atoms with Crippen molar-refractivity contribution in [2.45, 2.75) is 52.4 Å². The van der Waals surface area contributed by atoms with Crippen LogP contribution in [0.25, 0.3) is 0 Å².